The predicted octanol–water partition coefficient (Wildman–Crippen LogP) is 1.79. The van der Waals surface area contributed by atoms with Gasteiger partial charge in [0, 0.05) is 19.1 Å². The van der Waals surface area contributed by atoms with Crippen molar-refractivity contribution in [1.82, 2.24) is 10.2 Å². The van der Waals surface area contributed by atoms with Gasteiger partial charge in [-0.15, -0.1) is 0 Å². The summed E-state index contributed by atoms with van der Waals surface area (Å²) in [6.45, 7) is 4.30. The molecule has 0 saturated heterocycles. The van der Waals surface area contributed by atoms with Crippen molar-refractivity contribution in [2.75, 3.05) is 41.4 Å². The van der Waals surface area contributed by atoms with Crippen LogP contribution in [0, 0.1) is 0 Å². The molecular formula is C15H26N2O2. The minimum Gasteiger partial charge on any atom is -0.493 e. The van der Waals surface area contributed by atoms with E-state index in [1.54, 1.807) is 14.2 Å². The molecule has 1 rings (SSSR count). The number of hydrogen-bond donors (Lipinski definition) is 1. The monoisotopic (exact) mass is 266 g/mol. The Labute approximate surface area is 116 Å². The van der Waals surface area contributed by atoms with Crippen molar-refractivity contribution in [1.29, 1.82) is 0 Å². The van der Waals surface area contributed by atoms with Gasteiger partial charge >= 0.3 is 0 Å². The molecule has 0 aromatic heterocycles. The molecule has 0 bridgehead atoms. The average Bonchev–Trinajstić information content (AvgIpc) is 2.44. The Hall–Kier alpha value is -1.26. The van der Waals surface area contributed by atoms with E-state index in [-0.39, 0.29) is 0 Å². The van der Waals surface area contributed by atoms with E-state index in [0.29, 0.717) is 6.04 Å². The topological polar surface area (TPSA) is 33.7 Å². The summed E-state index contributed by atoms with van der Waals surface area (Å²) in [5, 5.41) is 3.17. The molecule has 1 unspecified atom stereocenters. The van der Waals surface area contributed by atoms with E-state index in [9.17, 15) is 0 Å². The molecule has 1 N–H and O–H groups in total. The molecule has 1 aromatic rings. The fourth-order valence-corrected chi connectivity index (χ4v) is 2.01. The first-order chi connectivity index (χ1) is 9.12. The summed E-state index contributed by atoms with van der Waals surface area (Å²) >= 11 is 0. The number of hydrogen-bond acceptors (Lipinski definition) is 4. The van der Waals surface area contributed by atoms with Gasteiger partial charge in [-0.1, -0.05) is 6.07 Å². The van der Waals surface area contributed by atoms with Gasteiger partial charge in [0.2, 0.25) is 0 Å². The van der Waals surface area contributed by atoms with E-state index in [1.807, 2.05) is 13.1 Å². The third kappa shape index (κ3) is 4.73. The summed E-state index contributed by atoms with van der Waals surface area (Å²) in [5.74, 6) is 1.58. The lowest BCUT2D eigenvalue weighted by atomic mass is 10.1. The summed E-state index contributed by atoms with van der Waals surface area (Å²) in [6.07, 6.45) is 1.00. The van der Waals surface area contributed by atoms with Crippen LogP contribution >= 0.6 is 0 Å². The number of benzene rings is 1. The first kappa shape index (κ1) is 15.8. The standard InChI is InChI=1S/C15H26N2O2/c1-12(17(3)9-8-16-2)10-13-6-7-14(18-4)15(11-13)19-5/h6-7,11-12,16H,8-10H2,1-5H3. The maximum atomic E-state index is 5.34. The van der Waals surface area contributed by atoms with Crippen molar-refractivity contribution >= 4 is 0 Å². The molecular weight excluding hydrogens is 240 g/mol. The van der Waals surface area contributed by atoms with Crippen LogP contribution < -0.4 is 14.8 Å². The largest absolute Gasteiger partial charge is 0.493 e. The van der Waals surface area contributed by atoms with Crippen LogP contribution in [0.3, 0.4) is 0 Å². The molecule has 1 atom stereocenters. The third-order valence-electron chi connectivity index (χ3n) is 3.45. The van der Waals surface area contributed by atoms with Crippen LogP contribution in [0.15, 0.2) is 18.2 Å². The van der Waals surface area contributed by atoms with Crippen molar-refractivity contribution in [3.05, 3.63) is 23.8 Å². The van der Waals surface area contributed by atoms with E-state index in [2.05, 4.69) is 36.3 Å². The maximum Gasteiger partial charge on any atom is 0.160 e. The minimum absolute atomic E-state index is 0.492. The Morgan fingerprint density at radius 1 is 1.21 bits per heavy atom. The molecule has 0 aliphatic rings. The Morgan fingerprint density at radius 2 is 1.89 bits per heavy atom. The molecule has 19 heavy (non-hydrogen) atoms. The quantitative estimate of drug-likeness (QED) is 0.778. The molecule has 0 aliphatic heterocycles. The Balaban J connectivity index is 2.66. The van der Waals surface area contributed by atoms with E-state index in [0.717, 1.165) is 31.0 Å². The fourth-order valence-electron chi connectivity index (χ4n) is 2.01. The minimum atomic E-state index is 0.492. The normalized spacial score (nSPS) is 12.5. The molecule has 0 amide bonds. The van der Waals surface area contributed by atoms with Crippen molar-refractivity contribution < 1.29 is 9.47 Å². The maximum absolute atomic E-state index is 5.34. The number of likely N-dealkylation sites (N-methyl/N-ethyl adjacent to an activating group) is 2. The van der Waals surface area contributed by atoms with E-state index < -0.39 is 0 Å². The van der Waals surface area contributed by atoms with Gasteiger partial charge < -0.3 is 19.7 Å². The fraction of sp³-hybridized carbons (Fsp3) is 0.600. The van der Waals surface area contributed by atoms with Gasteiger partial charge in [0.15, 0.2) is 11.5 Å². The number of nitrogens with one attached hydrogen (secondary N) is 1. The number of ether oxygens (including phenoxy) is 2. The highest BCUT2D eigenvalue weighted by Gasteiger charge is 2.11. The Morgan fingerprint density at radius 3 is 2.47 bits per heavy atom. The van der Waals surface area contributed by atoms with Crippen molar-refractivity contribution in [2.45, 2.75) is 19.4 Å². The first-order valence-electron chi connectivity index (χ1n) is 6.68. The zero-order chi connectivity index (χ0) is 14.3. The molecule has 1 aromatic carbocycles. The molecule has 0 aliphatic carbocycles. The number of methoxy groups -OCH3 is 2. The van der Waals surface area contributed by atoms with Gasteiger partial charge in [-0.3, -0.25) is 0 Å². The van der Waals surface area contributed by atoms with Crippen LogP contribution in [0.25, 0.3) is 0 Å². The first-order valence-corrected chi connectivity index (χ1v) is 6.68. The smallest absolute Gasteiger partial charge is 0.160 e. The summed E-state index contributed by atoms with van der Waals surface area (Å²) in [7, 11) is 7.46. The van der Waals surface area contributed by atoms with E-state index in [4.69, 9.17) is 9.47 Å². The van der Waals surface area contributed by atoms with Gasteiger partial charge in [-0.2, -0.15) is 0 Å². The highest BCUT2D eigenvalue weighted by Crippen LogP contribution is 2.28. The van der Waals surface area contributed by atoms with E-state index >= 15 is 0 Å². The zero-order valence-corrected chi connectivity index (χ0v) is 12.7. The van der Waals surface area contributed by atoms with Crippen LogP contribution in [0.4, 0.5) is 0 Å². The Bertz CT molecular complexity index is 382. The Kier molecular flexibility index (Phi) is 6.67. The predicted molar refractivity (Wildman–Crippen MR) is 79.3 cm³/mol. The number of nitrogens with zero attached hydrogens (tertiary/aromatic N) is 1. The van der Waals surface area contributed by atoms with Crippen LogP contribution in [-0.4, -0.2) is 52.3 Å². The lowest BCUT2D eigenvalue weighted by molar-refractivity contribution is 0.258. The lowest BCUT2D eigenvalue weighted by Crippen LogP contribution is -2.35. The molecule has 0 fully saturated rings. The zero-order valence-electron chi connectivity index (χ0n) is 12.7. The van der Waals surface area contributed by atoms with Gasteiger partial charge in [0.05, 0.1) is 14.2 Å². The SMILES string of the molecule is CNCCN(C)C(C)Cc1ccc(OC)c(OC)c1. The second-order valence-corrected chi connectivity index (χ2v) is 4.83. The molecule has 0 radical (unpaired) electrons. The van der Waals surface area contributed by atoms with Gasteiger partial charge in [0.1, 0.15) is 0 Å². The highest BCUT2D eigenvalue weighted by molar-refractivity contribution is 5.43. The van der Waals surface area contributed by atoms with Crippen LogP contribution in [0.1, 0.15) is 12.5 Å². The molecule has 0 heterocycles. The second kappa shape index (κ2) is 8.02. The molecule has 4 heteroatoms. The van der Waals surface area contributed by atoms with Crippen molar-refractivity contribution in [2.24, 2.45) is 0 Å². The van der Waals surface area contributed by atoms with Crippen molar-refractivity contribution in [3.8, 4) is 11.5 Å². The molecule has 0 spiro atoms. The molecule has 0 saturated carbocycles. The summed E-state index contributed by atoms with van der Waals surface area (Å²) in [5.41, 5.74) is 1.27. The molecule has 4 nitrogen and oxygen atoms in total. The van der Waals surface area contributed by atoms with Gasteiger partial charge in [-0.25, -0.2) is 0 Å². The van der Waals surface area contributed by atoms with Crippen LogP contribution in [-0.2, 0) is 6.42 Å². The van der Waals surface area contributed by atoms with Crippen LogP contribution in [0.2, 0.25) is 0 Å². The van der Waals surface area contributed by atoms with Crippen LogP contribution in [0.5, 0.6) is 11.5 Å². The van der Waals surface area contributed by atoms with Gasteiger partial charge in [-0.05, 0) is 45.1 Å². The van der Waals surface area contributed by atoms with E-state index in [1.165, 1.54) is 5.56 Å². The third-order valence-corrected chi connectivity index (χ3v) is 3.45. The molecule has 108 valence electrons. The summed E-state index contributed by atoms with van der Waals surface area (Å²) in [4.78, 5) is 2.35. The van der Waals surface area contributed by atoms with Gasteiger partial charge in [0.25, 0.3) is 0 Å². The summed E-state index contributed by atoms with van der Waals surface area (Å²) < 4.78 is 10.6. The second-order valence-electron chi connectivity index (χ2n) is 4.83. The number of rotatable bonds is 8. The van der Waals surface area contributed by atoms with Crippen molar-refractivity contribution in [3.63, 3.8) is 0 Å². The highest BCUT2D eigenvalue weighted by atomic mass is 16.5. The average molecular weight is 266 g/mol. The lowest BCUT2D eigenvalue weighted by Gasteiger charge is -2.24. The summed E-state index contributed by atoms with van der Waals surface area (Å²) in [6, 6.07) is 6.62.